The summed E-state index contributed by atoms with van der Waals surface area (Å²) in [6.45, 7) is 0. The second-order valence-electron chi connectivity index (χ2n) is 6.53. The lowest BCUT2D eigenvalue weighted by Gasteiger charge is -2.11. The Kier molecular flexibility index (Phi) is 4.26. The number of hydrogen-bond acceptors (Lipinski definition) is 3. The molecule has 0 radical (unpaired) electrons. The van der Waals surface area contributed by atoms with Gasteiger partial charge in [0.25, 0.3) is 0 Å². The molecule has 5 rings (SSSR count). The molecule has 0 aliphatic carbocycles. The zero-order valence-corrected chi connectivity index (χ0v) is 15.4. The van der Waals surface area contributed by atoms with Gasteiger partial charge in [0, 0.05) is 11.8 Å². The molecule has 2 heterocycles. The van der Waals surface area contributed by atoms with Crippen LogP contribution in [0.5, 0.6) is 5.75 Å². The fraction of sp³-hybridized carbons (Fsp3) is 0. The van der Waals surface area contributed by atoms with Crippen LogP contribution in [0.25, 0.3) is 33.7 Å². The van der Waals surface area contributed by atoms with Crippen molar-refractivity contribution in [3.63, 3.8) is 0 Å². The number of halogens is 1. The normalized spacial score (nSPS) is 10.9. The minimum absolute atomic E-state index is 0.251. The second kappa shape index (κ2) is 7.20. The van der Waals surface area contributed by atoms with Crippen LogP contribution in [0, 0.1) is 5.82 Å². The van der Waals surface area contributed by atoms with E-state index in [1.165, 1.54) is 6.07 Å². The third-order valence-corrected chi connectivity index (χ3v) is 4.65. The van der Waals surface area contributed by atoms with E-state index in [-0.39, 0.29) is 5.82 Å². The first-order chi connectivity index (χ1) is 14.3. The maximum absolute atomic E-state index is 14.0. The molecule has 2 aromatic heterocycles. The van der Waals surface area contributed by atoms with E-state index in [0.29, 0.717) is 22.8 Å². The van der Waals surface area contributed by atoms with Crippen LogP contribution in [0.1, 0.15) is 0 Å². The summed E-state index contributed by atoms with van der Waals surface area (Å²) in [6, 6.07) is 27.4. The van der Waals surface area contributed by atoms with E-state index in [4.69, 9.17) is 4.84 Å². The van der Waals surface area contributed by atoms with E-state index in [0.717, 1.165) is 16.6 Å². The number of nitrogens with zero attached hydrogens (tertiary/aromatic N) is 3. The highest BCUT2D eigenvalue weighted by Gasteiger charge is 2.15. The van der Waals surface area contributed by atoms with E-state index in [9.17, 15) is 4.39 Å². The summed E-state index contributed by atoms with van der Waals surface area (Å²) in [7, 11) is 0. The van der Waals surface area contributed by atoms with Gasteiger partial charge in [-0.2, -0.15) is 4.73 Å². The summed E-state index contributed by atoms with van der Waals surface area (Å²) in [6.07, 6.45) is 1.72. The minimum atomic E-state index is -0.251. The maximum atomic E-state index is 14.0. The summed E-state index contributed by atoms with van der Waals surface area (Å²) >= 11 is 0. The zero-order valence-electron chi connectivity index (χ0n) is 15.4. The summed E-state index contributed by atoms with van der Waals surface area (Å²) in [5.41, 5.74) is 3.71. The van der Waals surface area contributed by atoms with Crippen molar-refractivity contribution in [3.05, 3.63) is 103 Å². The Morgan fingerprint density at radius 3 is 2.31 bits per heavy atom. The molecule has 5 aromatic rings. The van der Waals surface area contributed by atoms with Gasteiger partial charge in [-0.05, 0) is 48.0 Å². The zero-order chi connectivity index (χ0) is 19.6. The fourth-order valence-corrected chi connectivity index (χ4v) is 3.25. The van der Waals surface area contributed by atoms with E-state index in [1.807, 2.05) is 72.8 Å². The largest absolute Gasteiger partial charge is 0.373 e. The Balaban J connectivity index is 1.54. The highest BCUT2D eigenvalue weighted by Crippen LogP contribution is 2.27. The van der Waals surface area contributed by atoms with Crippen LogP contribution in [0.2, 0.25) is 0 Å². The van der Waals surface area contributed by atoms with Crippen molar-refractivity contribution in [2.45, 2.75) is 0 Å². The highest BCUT2D eigenvalue weighted by atomic mass is 19.1. The van der Waals surface area contributed by atoms with Gasteiger partial charge in [-0.1, -0.05) is 48.5 Å². The van der Waals surface area contributed by atoms with Crippen molar-refractivity contribution in [3.8, 4) is 28.4 Å². The van der Waals surface area contributed by atoms with Crippen LogP contribution in [-0.2, 0) is 0 Å². The third-order valence-electron chi connectivity index (χ3n) is 4.65. The molecule has 0 saturated heterocycles. The number of para-hydroxylation sites is 2. The standard InChI is InChI=1S/C24H16FN3O/c25-20-8-2-1-7-19(20)17-12-14-18(15-13-17)29-28-23-11-4-3-9-21(23)27-24(28)22-10-5-6-16-26-22/h1-16H. The molecular formula is C24H16FN3O. The van der Waals surface area contributed by atoms with Gasteiger partial charge in [0.2, 0.25) is 0 Å². The molecule has 0 atom stereocenters. The average molecular weight is 381 g/mol. The molecule has 0 aliphatic rings. The van der Waals surface area contributed by atoms with Crippen LogP contribution >= 0.6 is 0 Å². The van der Waals surface area contributed by atoms with Gasteiger partial charge >= 0.3 is 0 Å². The Labute approximate surface area is 166 Å². The molecule has 0 fully saturated rings. The van der Waals surface area contributed by atoms with Gasteiger partial charge in [0.05, 0.1) is 5.52 Å². The lowest BCUT2D eigenvalue weighted by molar-refractivity contribution is 0.231. The smallest absolute Gasteiger partial charge is 0.196 e. The van der Waals surface area contributed by atoms with E-state index in [2.05, 4.69) is 9.97 Å². The van der Waals surface area contributed by atoms with Crippen LogP contribution in [-0.4, -0.2) is 14.7 Å². The number of rotatable bonds is 4. The van der Waals surface area contributed by atoms with Crippen molar-refractivity contribution < 1.29 is 9.23 Å². The van der Waals surface area contributed by atoms with E-state index < -0.39 is 0 Å². The monoisotopic (exact) mass is 381 g/mol. The lowest BCUT2D eigenvalue weighted by Crippen LogP contribution is -2.07. The number of pyridine rings is 1. The number of benzene rings is 3. The van der Waals surface area contributed by atoms with Crippen LogP contribution in [0.3, 0.4) is 0 Å². The maximum Gasteiger partial charge on any atom is 0.196 e. The number of imidazole rings is 1. The summed E-state index contributed by atoms with van der Waals surface area (Å²) in [4.78, 5) is 15.2. The molecule has 0 spiro atoms. The molecule has 5 heteroatoms. The second-order valence-corrected chi connectivity index (χ2v) is 6.53. The van der Waals surface area contributed by atoms with Gasteiger partial charge in [-0.25, -0.2) is 9.37 Å². The number of aromatic nitrogens is 3. The quantitative estimate of drug-likeness (QED) is 0.398. The van der Waals surface area contributed by atoms with Crippen molar-refractivity contribution in [2.24, 2.45) is 0 Å². The summed E-state index contributed by atoms with van der Waals surface area (Å²) in [5.74, 6) is 0.981. The SMILES string of the molecule is Fc1ccccc1-c1ccc(On2c(-c3ccccn3)nc3ccccc32)cc1. The molecule has 3 aromatic carbocycles. The lowest BCUT2D eigenvalue weighted by atomic mass is 10.1. The molecule has 0 aliphatic heterocycles. The third kappa shape index (κ3) is 3.23. The van der Waals surface area contributed by atoms with Crippen LogP contribution < -0.4 is 4.84 Å². The molecule has 0 amide bonds. The summed E-state index contributed by atoms with van der Waals surface area (Å²) < 4.78 is 15.7. The Morgan fingerprint density at radius 2 is 1.52 bits per heavy atom. The first-order valence-electron chi connectivity index (χ1n) is 9.22. The van der Waals surface area contributed by atoms with Gasteiger partial charge < -0.3 is 4.84 Å². The molecule has 140 valence electrons. The Morgan fingerprint density at radius 1 is 0.759 bits per heavy atom. The predicted molar refractivity (Wildman–Crippen MR) is 111 cm³/mol. The first kappa shape index (κ1) is 17.1. The molecular weight excluding hydrogens is 365 g/mol. The Bertz CT molecular complexity index is 1280. The minimum Gasteiger partial charge on any atom is -0.373 e. The van der Waals surface area contributed by atoms with Gasteiger partial charge in [-0.3, -0.25) is 4.98 Å². The summed E-state index contributed by atoms with van der Waals surface area (Å²) in [5, 5.41) is 0. The van der Waals surface area contributed by atoms with E-state index >= 15 is 0 Å². The predicted octanol–water partition coefficient (Wildman–Crippen LogP) is 5.75. The van der Waals surface area contributed by atoms with Crippen molar-refractivity contribution in [2.75, 3.05) is 0 Å². The highest BCUT2D eigenvalue weighted by molar-refractivity contribution is 5.79. The number of fused-ring (bicyclic) bond motifs is 1. The topological polar surface area (TPSA) is 39.9 Å². The van der Waals surface area contributed by atoms with Crippen molar-refractivity contribution >= 4 is 11.0 Å². The van der Waals surface area contributed by atoms with Crippen molar-refractivity contribution in [1.29, 1.82) is 0 Å². The molecule has 0 saturated carbocycles. The van der Waals surface area contributed by atoms with E-state index in [1.54, 1.807) is 23.1 Å². The molecule has 0 bridgehead atoms. The molecule has 29 heavy (non-hydrogen) atoms. The van der Waals surface area contributed by atoms with Crippen molar-refractivity contribution in [1.82, 2.24) is 14.7 Å². The first-order valence-corrected chi connectivity index (χ1v) is 9.22. The van der Waals surface area contributed by atoms with Gasteiger partial charge in [0.1, 0.15) is 17.0 Å². The van der Waals surface area contributed by atoms with Crippen LogP contribution in [0.4, 0.5) is 4.39 Å². The van der Waals surface area contributed by atoms with Crippen LogP contribution in [0.15, 0.2) is 97.2 Å². The molecule has 4 nitrogen and oxygen atoms in total. The average Bonchev–Trinajstić information content (AvgIpc) is 3.14. The Hall–Kier alpha value is -3.99. The molecule has 0 N–H and O–H groups in total. The fourth-order valence-electron chi connectivity index (χ4n) is 3.25. The van der Waals surface area contributed by atoms with Gasteiger partial charge in [-0.15, -0.1) is 0 Å². The molecule has 0 unspecified atom stereocenters. The van der Waals surface area contributed by atoms with Gasteiger partial charge in [0.15, 0.2) is 11.6 Å². The number of hydrogen-bond donors (Lipinski definition) is 0.